The lowest BCUT2D eigenvalue weighted by atomic mass is 10.2. The maximum Gasteiger partial charge on any atom is 0.335 e. The van der Waals surface area contributed by atoms with Gasteiger partial charge >= 0.3 is 5.97 Å². The van der Waals surface area contributed by atoms with Gasteiger partial charge in [-0.25, -0.2) is 13.2 Å². The molecule has 0 spiro atoms. The van der Waals surface area contributed by atoms with Gasteiger partial charge in [0.05, 0.1) is 10.5 Å². The Balaban J connectivity index is 1.70. The summed E-state index contributed by atoms with van der Waals surface area (Å²) >= 11 is 0. The highest BCUT2D eigenvalue weighted by molar-refractivity contribution is 7.89. The van der Waals surface area contributed by atoms with Gasteiger partial charge in [-0.2, -0.15) is 4.31 Å². The highest BCUT2D eigenvalue weighted by Gasteiger charge is 2.25. The number of sulfonamides is 1. The summed E-state index contributed by atoms with van der Waals surface area (Å²) in [7, 11) is -3.53. The Kier molecular flexibility index (Phi) is 5.57. The molecule has 0 atom stereocenters. The number of nitrogens with one attached hydrogen (secondary N) is 1. The molecule has 0 saturated carbocycles. The lowest BCUT2D eigenvalue weighted by Crippen LogP contribution is -2.35. The van der Waals surface area contributed by atoms with Gasteiger partial charge in [0.1, 0.15) is 0 Å². The van der Waals surface area contributed by atoms with Gasteiger partial charge in [0, 0.05) is 24.3 Å². The van der Waals surface area contributed by atoms with Gasteiger partial charge in [0.2, 0.25) is 10.0 Å². The van der Waals surface area contributed by atoms with Crippen molar-refractivity contribution in [3.63, 3.8) is 0 Å². The second kappa shape index (κ2) is 7.89. The molecule has 2 N–H and O–H groups in total. The van der Waals surface area contributed by atoms with Crippen LogP contribution < -0.4 is 5.32 Å². The summed E-state index contributed by atoms with van der Waals surface area (Å²) in [5.74, 6) is -1.45. The Morgan fingerprint density at radius 1 is 0.852 bits per heavy atom. The molecule has 1 heterocycles. The molecule has 1 aliphatic rings. The van der Waals surface area contributed by atoms with Crippen LogP contribution in [0.3, 0.4) is 0 Å². The number of carbonyl (C=O) groups excluding carboxylic acids is 1. The van der Waals surface area contributed by atoms with Crippen LogP contribution in [0, 0.1) is 0 Å². The molecule has 7 nitrogen and oxygen atoms in total. The number of carboxylic acids is 1. The van der Waals surface area contributed by atoms with Gasteiger partial charge in [0.15, 0.2) is 0 Å². The molecular formula is C19H20N2O5S. The standard InChI is InChI=1S/C19H20N2O5S/c22-18(20-16-8-4-15(5-9-16)19(23)24)14-6-10-17(11-7-14)27(25,26)21-12-2-1-3-13-21/h4-11H,1-3,12-13H2,(H,20,22)(H,23,24). The second-order valence-electron chi connectivity index (χ2n) is 6.33. The number of nitrogens with zero attached hydrogens (tertiary/aromatic N) is 1. The van der Waals surface area contributed by atoms with Crippen LogP contribution in [0.4, 0.5) is 5.69 Å². The van der Waals surface area contributed by atoms with Crippen LogP contribution in [-0.2, 0) is 10.0 Å². The molecule has 0 bridgehead atoms. The number of amides is 1. The molecular weight excluding hydrogens is 368 g/mol. The molecule has 3 rings (SSSR count). The summed E-state index contributed by atoms with van der Waals surface area (Å²) < 4.78 is 26.7. The smallest absolute Gasteiger partial charge is 0.335 e. The van der Waals surface area contributed by atoms with E-state index in [0.29, 0.717) is 24.3 Å². The number of piperidine rings is 1. The molecule has 8 heteroatoms. The molecule has 142 valence electrons. The highest BCUT2D eigenvalue weighted by Crippen LogP contribution is 2.21. The average molecular weight is 388 g/mol. The number of hydrogen-bond acceptors (Lipinski definition) is 4. The maximum atomic E-state index is 12.6. The van der Waals surface area contributed by atoms with E-state index < -0.39 is 21.9 Å². The lowest BCUT2D eigenvalue weighted by molar-refractivity contribution is 0.0696. The zero-order valence-electron chi connectivity index (χ0n) is 14.6. The number of aromatic carboxylic acids is 1. The van der Waals surface area contributed by atoms with Crippen molar-refractivity contribution in [2.75, 3.05) is 18.4 Å². The van der Waals surface area contributed by atoms with E-state index in [2.05, 4.69) is 5.32 Å². The van der Waals surface area contributed by atoms with Crippen LogP contribution in [0.2, 0.25) is 0 Å². The Bertz CT molecular complexity index is 931. The van der Waals surface area contributed by atoms with Gasteiger partial charge in [0.25, 0.3) is 5.91 Å². The van der Waals surface area contributed by atoms with Gasteiger partial charge in [-0.1, -0.05) is 6.42 Å². The van der Waals surface area contributed by atoms with Gasteiger partial charge in [-0.3, -0.25) is 4.79 Å². The number of anilines is 1. The minimum Gasteiger partial charge on any atom is -0.478 e. The molecule has 0 aromatic heterocycles. The van der Waals surface area contributed by atoms with E-state index in [-0.39, 0.29) is 10.5 Å². The third-order valence-electron chi connectivity index (χ3n) is 4.46. The number of hydrogen-bond donors (Lipinski definition) is 2. The zero-order valence-corrected chi connectivity index (χ0v) is 15.4. The van der Waals surface area contributed by atoms with Crippen molar-refractivity contribution in [1.29, 1.82) is 0 Å². The number of carboxylic acid groups (broad SMARTS) is 1. The quantitative estimate of drug-likeness (QED) is 0.820. The average Bonchev–Trinajstić information content (AvgIpc) is 2.69. The SMILES string of the molecule is O=C(O)c1ccc(NC(=O)c2ccc(S(=O)(=O)N3CCCCC3)cc2)cc1. The Labute approximate surface area is 157 Å². The Morgan fingerprint density at radius 3 is 1.96 bits per heavy atom. The summed E-state index contributed by atoms with van der Waals surface area (Å²) in [6.07, 6.45) is 2.76. The predicted molar refractivity (Wildman–Crippen MR) is 100 cm³/mol. The maximum absolute atomic E-state index is 12.6. The third-order valence-corrected chi connectivity index (χ3v) is 6.37. The number of carbonyl (C=O) groups is 2. The highest BCUT2D eigenvalue weighted by atomic mass is 32.2. The fourth-order valence-corrected chi connectivity index (χ4v) is 4.45. The van der Waals surface area contributed by atoms with E-state index in [0.717, 1.165) is 19.3 Å². The van der Waals surface area contributed by atoms with Crippen molar-refractivity contribution < 1.29 is 23.1 Å². The van der Waals surface area contributed by atoms with Crippen LogP contribution in [0.1, 0.15) is 40.0 Å². The molecule has 0 aliphatic carbocycles. The van der Waals surface area contributed by atoms with Crippen molar-refractivity contribution in [2.24, 2.45) is 0 Å². The second-order valence-corrected chi connectivity index (χ2v) is 8.26. The molecule has 0 unspecified atom stereocenters. The molecule has 1 saturated heterocycles. The number of rotatable bonds is 5. The molecule has 1 amide bonds. The summed E-state index contributed by atoms with van der Waals surface area (Å²) in [5.41, 5.74) is 0.894. The van der Waals surface area contributed by atoms with E-state index in [1.807, 2.05) is 0 Å². The van der Waals surface area contributed by atoms with Gasteiger partial charge < -0.3 is 10.4 Å². The minimum atomic E-state index is -3.53. The molecule has 2 aromatic rings. The van der Waals surface area contributed by atoms with Crippen molar-refractivity contribution in [3.8, 4) is 0 Å². The first kappa shape index (κ1) is 19.1. The monoisotopic (exact) mass is 388 g/mol. The Hall–Kier alpha value is -2.71. The van der Waals surface area contributed by atoms with E-state index in [1.54, 1.807) is 0 Å². The first-order valence-electron chi connectivity index (χ1n) is 8.63. The van der Waals surface area contributed by atoms with Gasteiger partial charge in [-0.15, -0.1) is 0 Å². The fourth-order valence-electron chi connectivity index (χ4n) is 2.93. The molecule has 27 heavy (non-hydrogen) atoms. The summed E-state index contributed by atoms with van der Waals surface area (Å²) in [4.78, 5) is 23.3. The molecule has 1 aliphatic heterocycles. The van der Waals surface area contributed by atoms with Crippen LogP contribution >= 0.6 is 0 Å². The summed E-state index contributed by atoms with van der Waals surface area (Å²) in [6.45, 7) is 1.05. The predicted octanol–water partition coefficient (Wildman–Crippen LogP) is 2.81. The lowest BCUT2D eigenvalue weighted by Gasteiger charge is -2.25. The minimum absolute atomic E-state index is 0.125. The summed E-state index contributed by atoms with van der Waals surface area (Å²) in [5, 5.41) is 11.5. The van der Waals surface area contributed by atoms with Crippen LogP contribution in [0.25, 0.3) is 0 Å². The van der Waals surface area contributed by atoms with Crippen LogP contribution in [-0.4, -0.2) is 42.8 Å². The topological polar surface area (TPSA) is 104 Å². The first-order chi connectivity index (χ1) is 12.9. The largest absolute Gasteiger partial charge is 0.478 e. The van der Waals surface area contributed by atoms with Crippen molar-refractivity contribution in [3.05, 3.63) is 59.7 Å². The summed E-state index contributed by atoms with van der Waals surface area (Å²) in [6, 6.07) is 11.6. The fraction of sp³-hybridized carbons (Fsp3) is 0.263. The zero-order chi connectivity index (χ0) is 19.4. The number of benzene rings is 2. The van der Waals surface area contributed by atoms with Crippen LogP contribution in [0.5, 0.6) is 0 Å². The molecule has 0 radical (unpaired) electrons. The van der Waals surface area contributed by atoms with Crippen molar-refractivity contribution >= 4 is 27.6 Å². The van der Waals surface area contributed by atoms with Crippen molar-refractivity contribution in [2.45, 2.75) is 24.2 Å². The molecule has 1 fully saturated rings. The first-order valence-corrected chi connectivity index (χ1v) is 10.1. The Morgan fingerprint density at radius 2 is 1.41 bits per heavy atom. The third kappa shape index (κ3) is 4.35. The van der Waals surface area contributed by atoms with Crippen molar-refractivity contribution in [1.82, 2.24) is 4.31 Å². The van der Waals surface area contributed by atoms with E-state index >= 15 is 0 Å². The van der Waals surface area contributed by atoms with E-state index in [4.69, 9.17) is 5.11 Å². The van der Waals surface area contributed by atoms with Crippen LogP contribution in [0.15, 0.2) is 53.4 Å². The normalized spacial score (nSPS) is 15.3. The van der Waals surface area contributed by atoms with E-state index in [9.17, 15) is 18.0 Å². The van der Waals surface area contributed by atoms with E-state index in [1.165, 1.54) is 52.8 Å². The van der Waals surface area contributed by atoms with Gasteiger partial charge in [-0.05, 0) is 61.4 Å². The molecule has 2 aromatic carbocycles.